The van der Waals surface area contributed by atoms with Gasteiger partial charge in [0, 0.05) is 22.7 Å². The summed E-state index contributed by atoms with van der Waals surface area (Å²) in [5.41, 5.74) is 5.54. The second-order valence-corrected chi connectivity index (χ2v) is 16.0. The van der Waals surface area contributed by atoms with Gasteiger partial charge in [0.2, 0.25) is 0 Å². The third-order valence-electron chi connectivity index (χ3n) is 10.8. The smallest absolute Gasteiger partial charge is 0.0634 e. The SMILES string of the molecule is CCCCCCCCCCCCCCCC=Cc1ccc(N=CC(CCCC)=Nc2ccc(C=CCCCCCCCCCCCCCCC)cc2)cc1.[Ni]. The molecule has 2 rings (SSSR count). The van der Waals surface area contributed by atoms with E-state index in [0.29, 0.717) is 0 Å². The molecule has 0 saturated carbocycles. The van der Waals surface area contributed by atoms with Crippen molar-refractivity contribution < 1.29 is 16.5 Å². The van der Waals surface area contributed by atoms with Gasteiger partial charge in [0.05, 0.1) is 17.1 Å². The Labute approximate surface area is 352 Å². The molecule has 3 heteroatoms. The molecule has 2 aromatic rings. The first kappa shape index (κ1) is 50.8. The Hall–Kier alpha value is -2.25. The van der Waals surface area contributed by atoms with Crippen LogP contribution >= 0.6 is 0 Å². The number of unbranched alkanes of at least 4 members (excludes halogenated alkanes) is 27. The Balaban J connectivity index is 0.0000151. The Morgan fingerprint density at radius 2 is 0.727 bits per heavy atom. The number of benzene rings is 2. The van der Waals surface area contributed by atoms with E-state index in [4.69, 9.17) is 9.98 Å². The zero-order valence-corrected chi connectivity index (χ0v) is 37.1. The minimum absolute atomic E-state index is 0. The van der Waals surface area contributed by atoms with Crippen LogP contribution in [0.15, 0.2) is 70.7 Å². The van der Waals surface area contributed by atoms with Gasteiger partial charge in [0.15, 0.2) is 0 Å². The first-order valence-electron chi connectivity index (χ1n) is 23.4. The second kappa shape index (κ2) is 38.6. The van der Waals surface area contributed by atoms with Crippen molar-refractivity contribution in [2.45, 2.75) is 220 Å². The number of allylic oxidation sites excluding steroid dienone is 2. The molecular formula is C52H84N2Ni. The average Bonchev–Trinajstić information content (AvgIpc) is 3.20. The van der Waals surface area contributed by atoms with Gasteiger partial charge in [-0.25, -0.2) is 0 Å². The van der Waals surface area contributed by atoms with E-state index >= 15 is 0 Å². The minimum Gasteiger partial charge on any atom is -0.255 e. The number of hydrogen-bond acceptors (Lipinski definition) is 2. The number of aliphatic imine (C=N–C) groups is 2. The predicted molar refractivity (Wildman–Crippen MR) is 246 cm³/mol. The van der Waals surface area contributed by atoms with Crippen LogP contribution in [-0.4, -0.2) is 11.9 Å². The van der Waals surface area contributed by atoms with Gasteiger partial charge in [0.25, 0.3) is 0 Å². The first-order valence-corrected chi connectivity index (χ1v) is 23.4. The van der Waals surface area contributed by atoms with Gasteiger partial charge in [-0.15, -0.1) is 0 Å². The molecule has 2 aromatic carbocycles. The van der Waals surface area contributed by atoms with Crippen LogP contribution in [0.5, 0.6) is 0 Å². The molecule has 2 nitrogen and oxygen atoms in total. The number of rotatable bonds is 36. The normalized spacial score (nSPS) is 12.1. The van der Waals surface area contributed by atoms with Crippen LogP contribution in [0.2, 0.25) is 0 Å². The largest absolute Gasteiger partial charge is 0.255 e. The predicted octanol–water partition coefficient (Wildman–Crippen LogP) is 18.3. The van der Waals surface area contributed by atoms with E-state index in [9.17, 15) is 0 Å². The van der Waals surface area contributed by atoms with Crippen molar-refractivity contribution in [3.8, 4) is 0 Å². The molecule has 312 valence electrons. The molecule has 0 amide bonds. The molecule has 0 bridgehead atoms. The molecule has 55 heavy (non-hydrogen) atoms. The Kier molecular flexibility index (Phi) is 35.7. The molecule has 0 radical (unpaired) electrons. The van der Waals surface area contributed by atoms with Crippen LogP contribution in [0.1, 0.15) is 231 Å². The van der Waals surface area contributed by atoms with Crippen LogP contribution in [0.25, 0.3) is 12.2 Å². The van der Waals surface area contributed by atoms with Crippen molar-refractivity contribution in [3.63, 3.8) is 0 Å². The fourth-order valence-electron chi connectivity index (χ4n) is 7.15. The molecule has 0 aliphatic heterocycles. The molecule has 0 aliphatic carbocycles. The van der Waals surface area contributed by atoms with E-state index in [2.05, 4.69) is 93.6 Å². The summed E-state index contributed by atoms with van der Waals surface area (Å²) in [4.78, 5) is 9.79. The molecule has 0 aromatic heterocycles. The summed E-state index contributed by atoms with van der Waals surface area (Å²) in [6.07, 6.45) is 53.4. The van der Waals surface area contributed by atoms with Gasteiger partial charge in [-0.05, 0) is 73.9 Å². The van der Waals surface area contributed by atoms with Crippen molar-refractivity contribution in [1.82, 2.24) is 0 Å². The average molecular weight is 796 g/mol. The maximum atomic E-state index is 4.98. The molecule has 0 unspecified atom stereocenters. The summed E-state index contributed by atoms with van der Waals surface area (Å²) in [7, 11) is 0. The standard InChI is InChI=1S/C52H84N2.Ni/c1-4-7-10-12-14-16-18-20-22-24-26-28-30-32-34-36-48-39-43-50(44-40-48)53-47-52(38-9-6-3)54-51-45-41-49(42-46-51)37-35-33-31-29-27-25-23-21-19-17-15-13-11-8-5-2;/h34-37,39-47H,4-33,38H2,1-3H3;. The molecule has 0 saturated heterocycles. The quantitative estimate of drug-likeness (QED) is 0.0373. The van der Waals surface area contributed by atoms with Crippen LogP contribution in [-0.2, 0) is 16.5 Å². The zero-order valence-electron chi connectivity index (χ0n) is 36.1. The van der Waals surface area contributed by atoms with Crippen LogP contribution in [0, 0.1) is 0 Å². The molecule has 0 spiro atoms. The summed E-state index contributed by atoms with van der Waals surface area (Å²) < 4.78 is 0. The topological polar surface area (TPSA) is 24.7 Å². The van der Waals surface area contributed by atoms with Gasteiger partial charge >= 0.3 is 0 Å². The van der Waals surface area contributed by atoms with Gasteiger partial charge < -0.3 is 0 Å². The van der Waals surface area contributed by atoms with E-state index in [1.807, 2.05) is 6.21 Å². The molecule has 0 aliphatic rings. The first-order chi connectivity index (χ1) is 26.7. The van der Waals surface area contributed by atoms with Crippen LogP contribution < -0.4 is 0 Å². The van der Waals surface area contributed by atoms with Crippen LogP contribution in [0.4, 0.5) is 11.4 Å². The summed E-state index contributed by atoms with van der Waals surface area (Å²) in [5, 5.41) is 0. The zero-order chi connectivity index (χ0) is 38.4. The van der Waals surface area contributed by atoms with Crippen molar-refractivity contribution >= 4 is 35.5 Å². The van der Waals surface area contributed by atoms with Gasteiger partial charge in [0.1, 0.15) is 0 Å². The maximum Gasteiger partial charge on any atom is 0.0634 e. The number of hydrogen-bond donors (Lipinski definition) is 0. The van der Waals surface area contributed by atoms with E-state index in [1.54, 1.807) is 0 Å². The minimum atomic E-state index is 0. The van der Waals surface area contributed by atoms with Gasteiger partial charge in [-0.1, -0.05) is 230 Å². The van der Waals surface area contributed by atoms with E-state index in [0.717, 1.165) is 36.3 Å². The van der Waals surface area contributed by atoms with Crippen molar-refractivity contribution in [3.05, 3.63) is 71.8 Å². The van der Waals surface area contributed by atoms with Crippen molar-refractivity contribution in [2.24, 2.45) is 9.98 Å². The Morgan fingerprint density at radius 1 is 0.400 bits per heavy atom. The van der Waals surface area contributed by atoms with E-state index < -0.39 is 0 Å². The monoisotopic (exact) mass is 795 g/mol. The molecular weight excluding hydrogens is 711 g/mol. The number of nitrogens with zero attached hydrogens (tertiary/aromatic N) is 2. The van der Waals surface area contributed by atoms with Crippen molar-refractivity contribution in [1.29, 1.82) is 0 Å². The Bertz CT molecular complexity index is 1220. The van der Waals surface area contributed by atoms with Crippen molar-refractivity contribution in [2.75, 3.05) is 0 Å². The molecule has 0 heterocycles. The third-order valence-corrected chi connectivity index (χ3v) is 10.8. The Morgan fingerprint density at radius 3 is 1.09 bits per heavy atom. The maximum absolute atomic E-state index is 4.98. The molecule has 0 fully saturated rings. The van der Waals surface area contributed by atoms with Gasteiger partial charge in [-0.3, -0.25) is 9.98 Å². The fraction of sp³-hybridized carbons (Fsp3) is 0.654. The molecule has 0 N–H and O–H groups in total. The summed E-state index contributed by atoms with van der Waals surface area (Å²) in [6.45, 7) is 6.83. The van der Waals surface area contributed by atoms with E-state index in [1.165, 1.54) is 191 Å². The third kappa shape index (κ3) is 30.6. The summed E-state index contributed by atoms with van der Waals surface area (Å²) >= 11 is 0. The van der Waals surface area contributed by atoms with Gasteiger partial charge in [-0.2, -0.15) is 0 Å². The van der Waals surface area contributed by atoms with Crippen LogP contribution in [0.3, 0.4) is 0 Å². The summed E-state index contributed by atoms with van der Waals surface area (Å²) in [6, 6.07) is 17.3. The van der Waals surface area contributed by atoms with E-state index in [-0.39, 0.29) is 16.5 Å². The molecule has 0 atom stereocenters. The fourth-order valence-corrected chi connectivity index (χ4v) is 7.15. The summed E-state index contributed by atoms with van der Waals surface area (Å²) in [5.74, 6) is 0. The second-order valence-electron chi connectivity index (χ2n) is 16.0.